The molecule has 2 aromatic carbocycles. The molecule has 0 saturated carbocycles. The van der Waals surface area contributed by atoms with E-state index in [2.05, 4.69) is 72.9 Å². The highest BCUT2D eigenvalue weighted by atomic mass is 14.9. The summed E-state index contributed by atoms with van der Waals surface area (Å²) >= 11 is 0. The van der Waals surface area contributed by atoms with Gasteiger partial charge in [0.1, 0.15) is 0 Å². The molecule has 0 aromatic heterocycles. The molecule has 2 rings (SSSR count). The van der Waals surface area contributed by atoms with Gasteiger partial charge in [0.2, 0.25) is 0 Å². The molecule has 0 radical (unpaired) electrons. The maximum Gasteiger partial charge on any atom is 0.0576 e. The van der Waals surface area contributed by atoms with E-state index >= 15 is 0 Å². The van der Waals surface area contributed by atoms with E-state index in [9.17, 15) is 0 Å². The molecular weight excluding hydrogens is 338 g/mol. The van der Waals surface area contributed by atoms with Crippen LogP contribution in [0.15, 0.2) is 60.7 Å². The first kappa shape index (κ1) is 22.7. The van der Waals surface area contributed by atoms with Crippen LogP contribution in [0.3, 0.4) is 0 Å². The second-order valence-electron chi connectivity index (χ2n) is 8.10. The number of nitrogens with one attached hydrogen (secondary N) is 1. The smallest absolute Gasteiger partial charge is 0.0576 e. The molecule has 2 aromatic rings. The van der Waals surface area contributed by atoms with Gasteiger partial charge in [0.25, 0.3) is 0 Å². The molecule has 0 amide bonds. The third-order valence-electron chi connectivity index (χ3n) is 5.64. The zero-order valence-electron chi connectivity index (χ0n) is 18.0. The molecule has 1 N–H and O–H groups in total. The van der Waals surface area contributed by atoms with E-state index in [1.165, 1.54) is 88.2 Å². The summed E-state index contributed by atoms with van der Waals surface area (Å²) in [5, 5.41) is 3.79. The maximum atomic E-state index is 3.79. The number of hydrogen-bond donors (Lipinski definition) is 1. The highest BCUT2D eigenvalue weighted by molar-refractivity contribution is 5.31. The van der Waals surface area contributed by atoms with E-state index < -0.39 is 0 Å². The standard InChI is InChI=1S/C27H41N/c1-2-3-4-5-6-7-8-9-10-11-12-19-24-28-27(25-20-15-13-16-21-25)26-22-17-14-18-23-26/h13-18,20-23,27-28H,2-12,19,24H2,1H3. The Bertz CT molecular complexity index is 538. The van der Waals surface area contributed by atoms with Crippen molar-refractivity contribution in [3.8, 4) is 0 Å². The minimum absolute atomic E-state index is 0.301. The third-order valence-corrected chi connectivity index (χ3v) is 5.64. The second kappa shape index (κ2) is 15.3. The Labute approximate surface area is 174 Å². The summed E-state index contributed by atoms with van der Waals surface area (Å²) < 4.78 is 0. The highest BCUT2D eigenvalue weighted by Crippen LogP contribution is 2.21. The lowest BCUT2D eigenvalue weighted by Gasteiger charge is -2.20. The molecular formula is C27H41N. The first-order valence-electron chi connectivity index (χ1n) is 11.7. The average Bonchev–Trinajstić information content (AvgIpc) is 2.75. The van der Waals surface area contributed by atoms with Crippen LogP contribution in [0.4, 0.5) is 0 Å². The number of benzene rings is 2. The molecule has 154 valence electrons. The lowest BCUT2D eigenvalue weighted by atomic mass is 9.98. The Morgan fingerprint density at radius 3 is 1.36 bits per heavy atom. The maximum absolute atomic E-state index is 3.79. The number of unbranched alkanes of at least 4 members (excludes halogenated alkanes) is 11. The van der Waals surface area contributed by atoms with Crippen molar-refractivity contribution in [2.75, 3.05) is 6.54 Å². The van der Waals surface area contributed by atoms with Gasteiger partial charge in [-0.05, 0) is 24.1 Å². The predicted octanol–water partition coefficient (Wildman–Crippen LogP) is 8.07. The first-order valence-corrected chi connectivity index (χ1v) is 11.7. The molecule has 0 bridgehead atoms. The molecule has 0 heterocycles. The minimum atomic E-state index is 0.301. The molecule has 0 aliphatic heterocycles. The third kappa shape index (κ3) is 9.55. The first-order chi connectivity index (χ1) is 13.9. The quantitative estimate of drug-likeness (QED) is 0.291. The summed E-state index contributed by atoms with van der Waals surface area (Å²) in [6, 6.07) is 21.9. The lowest BCUT2D eigenvalue weighted by Crippen LogP contribution is -2.23. The summed E-state index contributed by atoms with van der Waals surface area (Å²) in [5.41, 5.74) is 2.71. The number of hydrogen-bond acceptors (Lipinski definition) is 1. The van der Waals surface area contributed by atoms with Gasteiger partial charge in [0.05, 0.1) is 6.04 Å². The van der Waals surface area contributed by atoms with Crippen LogP contribution in [-0.2, 0) is 0 Å². The molecule has 0 unspecified atom stereocenters. The molecule has 28 heavy (non-hydrogen) atoms. The lowest BCUT2D eigenvalue weighted by molar-refractivity contribution is 0.524. The van der Waals surface area contributed by atoms with E-state index in [0.29, 0.717) is 6.04 Å². The summed E-state index contributed by atoms with van der Waals surface area (Å²) in [6.45, 7) is 3.38. The van der Waals surface area contributed by atoms with Crippen LogP contribution in [0, 0.1) is 0 Å². The fourth-order valence-electron chi connectivity index (χ4n) is 3.93. The van der Waals surface area contributed by atoms with E-state index in [4.69, 9.17) is 0 Å². The average molecular weight is 380 g/mol. The molecule has 0 atom stereocenters. The van der Waals surface area contributed by atoms with Crippen LogP contribution in [0.5, 0.6) is 0 Å². The Morgan fingerprint density at radius 1 is 0.536 bits per heavy atom. The Balaban J connectivity index is 1.56. The fourth-order valence-corrected chi connectivity index (χ4v) is 3.93. The molecule has 0 fully saturated rings. The van der Waals surface area contributed by atoms with Crippen LogP contribution in [-0.4, -0.2) is 6.54 Å². The van der Waals surface area contributed by atoms with Crippen LogP contribution in [0.1, 0.15) is 101 Å². The van der Waals surface area contributed by atoms with Gasteiger partial charge in [-0.25, -0.2) is 0 Å². The Morgan fingerprint density at radius 2 is 0.929 bits per heavy atom. The molecule has 0 aliphatic rings. The van der Waals surface area contributed by atoms with Gasteiger partial charge in [-0.15, -0.1) is 0 Å². The number of rotatable bonds is 16. The van der Waals surface area contributed by atoms with Crippen molar-refractivity contribution in [1.29, 1.82) is 0 Å². The SMILES string of the molecule is CCCCCCCCCCCCCCNC(c1ccccc1)c1ccccc1. The van der Waals surface area contributed by atoms with Gasteiger partial charge in [-0.3, -0.25) is 0 Å². The van der Waals surface area contributed by atoms with Crippen molar-refractivity contribution in [1.82, 2.24) is 5.32 Å². The largest absolute Gasteiger partial charge is 0.306 e. The van der Waals surface area contributed by atoms with Crippen LogP contribution in [0.25, 0.3) is 0 Å². The van der Waals surface area contributed by atoms with Gasteiger partial charge in [0.15, 0.2) is 0 Å². The van der Waals surface area contributed by atoms with Gasteiger partial charge in [-0.2, -0.15) is 0 Å². The molecule has 1 nitrogen and oxygen atoms in total. The minimum Gasteiger partial charge on any atom is -0.306 e. The normalized spacial score (nSPS) is 11.2. The van der Waals surface area contributed by atoms with Crippen molar-refractivity contribution < 1.29 is 0 Å². The van der Waals surface area contributed by atoms with Crippen molar-refractivity contribution >= 4 is 0 Å². The van der Waals surface area contributed by atoms with Crippen molar-refractivity contribution in [3.05, 3.63) is 71.8 Å². The van der Waals surface area contributed by atoms with Gasteiger partial charge >= 0.3 is 0 Å². The molecule has 0 spiro atoms. The zero-order chi connectivity index (χ0) is 19.7. The summed E-state index contributed by atoms with van der Waals surface area (Å²) in [5.74, 6) is 0. The van der Waals surface area contributed by atoms with Gasteiger partial charge in [-0.1, -0.05) is 138 Å². The molecule has 0 aliphatic carbocycles. The monoisotopic (exact) mass is 379 g/mol. The van der Waals surface area contributed by atoms with E-state index in [-0.39, 0.29) is 0 Å². The Hall–Kier alpha value is -1.60. The highest BCUT2D eigenvalue weighted by Gasteiger charge is 2.12. The summed E-state index contributed by atoms with van der Waals surface area (Å²) in [4.78, 5) is 0. The van der Waals surface area contributed by atoms with Crippen LogP contribution >= 0.6 is 0 Å². The molecule has 0 saturated heterocycles. The van der Waals surface area contributed by atoms with Crippen LogP contribution < -0.4 is 5.32 Å². The topological polar surface area (TPSA) is 12.0 Å². The van der Waals surface area contributed by atoms with Gasteiger partial charge in [0, 0.05) is 0 Å². The van der Waals surface area contributed by atoms with Gasteiger partial charge < -0.3 is 5.32 Å². The Kier molecular flexibility index (Phi) is 12.4. The molecule has 1 heteroatoms. The van der Waals surface area contributed by atoms with Crippen molar-refractivity contribution in [2.24, 2.45) is 0 Å². The van der Waals surface area contributed by atoms with E-state index in [0.717, 1.165) is 6.54 Å². The summed E-state index contributed by atoms with van der Waals surface area (Å²) in [6.07, 6.45) is 16.8. The van der Waals surface area contributed by atoms with E-state index in [1.54, 1.807) is 0 Å². The fraction of sp³-hybridized carbons (Fsp3) is 0.556. The zero-order valence-corrected chi connectivity index (χ0v) is 18.0. The van der Waals surface area contributed by atoms with Crippen molar-refractivity contribution in [3.63, 3.8) is 0 Å². The van der Waals surface area contributed by atoms with Crippen molar-refractivity contribution in [2.45, 2.75) is 90.0 Å². The van der Waals surface area contributed by atoms with Crippen LogP contribution in [0.2, 0.25) is 0 Å². The van der Waals surface area contributed by atoms with E-state index in [1.807, 2.05) is 0 Å². The second-order valence-corrected chi connectivity index (χ2v) is 8.10. The summed E-state index contributed by atoms with van der Waals surface area (Å²) in [7, 11) is 0. The predicted molar refractivity (Wildman–Crippen MR) is 124 cm³/mol.